The summed E-state index contributed by atoms with van der Waals surface area (Å²) in [6.07, 6.45) is -0.241. The average Bonchev–Trinajstić information content (AvgIpc) is 3.24. The summed E-state index contributed by atoms with van der Waals surface area (Å²) in [5.41, 5.74) is 1.02. The number of amides is 1. The van der Waals surface area contributed by atoms with Crippen LogP contribution >= 0.6 is 0 Å². The van der Waals surface area contributed by atoms with E-state index in [9.17, 15) is 13.2 Å². The third-order valence-electron chi connectivity index (χ3n) is 5.87. The number of aryl methyl sites for hydroxylation is 2. The van der Waals surface area contributed by atoms with Crippen molar-refractivity contribution in [1.29, 1.82) is 0 Å². The fourth-order valence-corrected chi connectivity index (χ4v) is 5.39. The van der Waals surface area contributed by atoms with Gasteiger partial charge in [0.25, 0.3) is 15.9 Å². The summed E-state index contributed by atoms with van der Waals surface area (Å²) in [4.78, 5) is 18.0. The van der Waals surface area contributed by atoms with E-state index in [1.54, 1.807) is 36.4 Å². The molecule has 2 heterocycles. The minimum absolute atomic E-state index is 0.0338. The Morgan fingerprint density at radius 3 is 2.64 bits per heavy atom. The van der Waals surface area contributed by atoms with Gasteiger partial charge in [0.1, 0.15) is 5.75 Å². The van der Waals surface area contributed by atoms with Gasteiger partial charge in [-0.1, -0.05) is 17.7 Å². The zero-order chi connectivity index (χ0) is 23.8. The van der Waals surface area contributed by atoms with Crippen molar-refractivity contribution in [2.45, 2.75) is 36.9 Å². The first kappa shape index (κ1) is 23.2. The zero-order valence-corrected chi connectivity index (χ0v) is 19.7. The average molecular weight is 471 g/mol. The Kier molecular flexibility index (Phi) is 6.13. The fourth-order valence-electron chi connectivity index (χ4n) is 4.15. The molecule has 1 amide bonds. The quantitative estimate of drug-likeness (QED) is 0.591. The van der Waals surface area contributed by atoms with Crippen LogP contribution in [-0.4, -0.2) is 46.2 Å². The molecule has 0 bridgehead atoms. The van der Waals surface area contributed by atoms with E-state index in [0.717, 1.165) is 11.3 Å². The molecule has 33 heavy (non-hydrogen) atoms. The third kappa shape index (κ3) is 4.19. The highest BCUT2D eigenvalue weighted by atomic mass is 32.2. The molecule has 1 aliphatic rings. The molecule has 2 atom stereocenters. The van der Waals surface area contributed by atoms with E-state index >= 15 is 0 Å². The first-order valence-corrected chi connectivity index (χ1v) is 11.9. The lowest BCUT2D eigenvalue weighted by Gasteiger charge is -2.29. The molecule has 0 saturated carbocycles. The maximum atomic E-state index is 13.6. The van der Waals surface area contributed by atoms with Gasteiger partial charge in [0.15, 0.2) is 5.60 Å². The summed E-state index contributed by atoms with van der Waals surface area (Å²) >= 11 is 0. The number of rotatable bonds is 6. The van der Waals surface area contributed by atoms with Gasteiger partial charge < -0.3 is 14.2 Å². The molecule has 1 aromatic heterocycles. The number of fused-ring (bicyclic) bond motifs is 1. The summed E-state index contributed by atoms with van der Waals surface area (Å²) < 4.78 is 45.9. The van der Waals surface area contributed by atoms with Crippen LogP contribution in [0.5, 0.6) is 5.75 Å². The normalized spacial score (nSPS) is 20.7. The number of methoxy groups -OCH3 is 2. The van der Waals surface area contributed by atoms with Crippen LogP contribution in [0.3, 0.4) is 0 Å². The van der Waals surface area contributed by atoms with Crippen molar-refractivity contribution in [2.75, 3.05) is 20.8 Å². The third-order valence-corrected chi connectivity index (χ3v) is 7.26. The molecular weight excluding hydrogens is 444 g/mol. The van der Waals surface area contributed by atoms with Gasteiger partial charge in [-0.15, -0.1) is 0 Å². The standard InChI is InChI=1S/C24H26N2O6S/c1-15-8-11-21(31-4)19(12-15)24(13-17(30-3)14-32-24)23(27)26-33(28,29)22-7-5-6-20-18(22)10-9-16(2)25-20/h5-12,17H,13-14H2,1-4H3,(H,26,27). The molecule has 4 rings (SSSR count). The van der Waals surface area contributed by atoms with E-state index in [1.807, 2.05) is 19.9 Å². The molecule has 9 heteroatoms. The number of pyridine rings is 1. The Morgan fingerprint density at radius 2 is 1.94 bits per heavy atom. The molecule has 0 radical (unpaired) electrons. The van der Waals surface area contributed by atoms with Gasteiger partial charge in [-0.3, -0.25) is 9.78 Å². The van der Waals surface area contributed by atoms with Crippen molar-refractivity contribution in [3.63, 3.8) is 0 Å². The van der Waals surface area contributed by atoms with Crippen LogP contribution in [0, 0.1) is 13.8 Å². The molecule has 0 spiro atoms. The van der Waals surface area contributed by atoms with Crippen LogP contribution in [0.2, 0.25) is 0 Å². The Bertz CT molecular complexity index is 1320. The summed E-state index contributed by atoms with van der Waals surface area (Å²) in [5, 5.41) is 0.424. The fraction of sp³-hybridized carbons (Fsp3) is 0.333. The molecule has 1 fully saturated rings. The SMILES string of the molecule is COc1ccc(C)cc1C1(C(=O)NS(=O)(=O)c2cccc3nc(C)ccc23)CC(OC)CO1. The molecule has 3 aromatic rings. The summed E-state index contributed by atoms with van der Waals surface area (Å²) in [7, 11) is -1.22. The topological polar surface area (TPSA) is 104 Å². The highest BCUT2D eigenvalue weighted by Crippen LogP contribution is 2.42. The van der Waals surface area contributed by atoms with Crippen LogP contribution in [0.25, 0.3) is 10.9 Å². The Labute approximate surface area is 192 Å². The number of benzene rings is 2. The lowest BCUT2D eigenvalue weighted by atomic mass is 9.87. The van der Waals surface area contributed by atoms with E-state index in [-0.39, 0.29) is 24.0 Å². The maximum absolute atomic E-state index is 13.6. The molecular formula is C24H26N2O6S. The molecule has 1 saturated heterocycles. The molecule has 1 N–H and O–H groups in total. The first-order valence-electron chi connectivity index (χ1n) is 10.5. The van der Waals surface area contributed by atoms with Crippen molar-refractivity contribution in [1.82, 2.24) is 9.71 Å². The van der Waals surface area contributed by atoms with E-state index in [2.05, 4.69) is 9.71 Å². The van der Waals surface area contributed by atoms with Gasteiger partial charge in [0.05, 0.1) is 30.2 Å². The Balaban J connectivity index is 1.78. The van der Waals surface area contributed by atoms with Crippen LogP contribution in [0.1, 0.15) is 23.2 Å². The second-order valence-electron chi connectivity index (χ2n) is 8.11. The molecule has 1 aliphatic heterocycles. The van der Waals surface area contributed by atoms with E-state index in [0.29, 0.717) is 22.2 Å². The second-order valence-corrected chi connectivity index (χ2v) is 9.76. The van der Waals surface area contributed by atoms with Crippen LogP contribution in [-0.2, 0) is 29.9 Å². The maximum Gasteiger partial charge on any atom is 0.270 e. The zero-order valence-electron chi connectivity index (χ0n) is 18.9. The molecule has 174 valence electrons. The van der Waals surface area contributed by atoms with Crippen molar-refractivity contribution in [3.8, 4) is 5.75 Å². The molecule has 8 nitrogen and oxygen atoms in total. The highest BCUT2D eigenvalue weighted by Gasteiger charge is 2.51. The van der Waals surface area contributed by atoms with E-state index in [4.69, 9.17) is 14.2 Å². The van der Waals surface area contributed by atoms with Gasteiger partial charge in [-0.05, 0) is 50.2 Å². The summed E-state index contributed by atoms with van der Waals surface area (Å²) in [6, 6.07) is 13.5. The number of carbonyl (C=O) groups excluding carboxylic acids is 1. The van der Waals surface area contributed by atoms with Crippen molar-refractivity contribution in [3.05, 3.63) is 65.4 Å². The largest absolute Gasteiger partial charge is 0.496 e. The Morgan fingerprint density at radius 1 is 1.15 bits per heavy atom. The minimum atomic E-state index is -4.24. The summed E-state index contributed by atoms with van der Waals surface area (Å²) in [6.45, 7) is 3.84. The number of hydrogen-bond donors (Lipinski definition) is 1. The number of nitrogens with zero attached hydrogens (tertiary/aromatic N) is 1. The van der Waals surface area contributed by atoms with Gasteiger partial charge in [-0.2, -0.15) is 0 Å². The van der Waals surface area contributed by atoms with E-state index < -0.39 is 21.5 Å². The second kappa shape index (κ2) is 8.74. The van der Waals surface area contributed by atoms with Gasteiger partial charge in [0, 0.05) is 30.2 Å². The number of carbonyl (C=O) groups is 1. The van der Waals surface area contributed by atoms with Gasteiger partial charge in [0.2, 0.25) is 0 Å². The minimum Gasteiger partial charge on any atom is -0.496 e. The number of nitrogens with one attached hydrogen (secondary N) is 1. The van der Waals surface area contributed by atoms with Crippen LogP contribution in [0.4, 0.5) is 0 Å². The summed E-state index contributed by atoms with van der Waals surface area (Å²) in [5.74, 6) is -0.377. The number of aromatic nitrogens is 1. The predicted octanol–water partition coefficient (Wildman–Crippen LogP) is 3.00. The highest BCUT2D eigenvalue weighted by molar-refractivity contribution is 7.90. The van der Waals surface area contributed by atoms with Crippen molar-refractivity contribution >= 4 is 26.8 Å². The lowest BCUT2D eigenvalue weighted by Crippen LogP contribution is -2.47. The molecule has 0 aliphatic carbocycles. The van der Waals surface area contributed by atoms with Gasteiger partial charge in [-0.25, -0.2) is 13.1 Å². The molecule has 2 aromatic carbocycles. The smallest absolute Gasteiger partial charge is 0.270 e. The first-order chi connectivity index (χ1) is 15.7. The van der Waals surface area contributed by atoms with Crippen molar-refractivity contribution in [2.24, 2.45) is 0 Å². The number of sulfonamides is 1. The van der Waals surface area contributed by atoms with Crippen LogP contribution in [0.15, 0.2) is 53.4 Å². The van der Waals surface area contributed by atoms with Crippen molar-refractivity contribution < 1.29 is 27.4 Å². The Hall–Kier alpha value is -3.01. The molecule has 2 unspecified atom stereocenters. The lowest BCUT2D eigenvalue weighted by molar-refractivity contribution is -0.140. The van der Waals surface area contributed by atoms with Crippen LogP contribution < -0.4 is 9.46 Å². The predicted molar refractivity (Wildman–Crippen MR) is 123 cm³/mol. The monoisotopic (exact) mass is 470 g/mol. The van der Waals surface area contributed by atoms with Gasteiger partial charge >= 0.3 is 0 Å². The van der Waals surface area contributed by atoms with E-state index in [1.165, 1.54) is 20.3 Å². The number of ether oxygens (including phenoxy) is 3. The number of hydrogen-bond acceptors (Lipinski definition) is 7.